The molecule has 3 rings (SSSR count). The predicted octanol–water partition coefficient (Wildman–Crippen LogP) is 2.28. The van der Waals surface area contributed by atoms with Crippen molar-refractivity contribution < 1.29 is 22.5 Å². The molecule has 2 aromatic rings. The Morgan fingerprint density at radius 1 is 1.07 bits per heavy atom. The van der Waals surface area contributed by atoms with Crippen LogP contribution in [0.5, 0.6) is 0 Å². The zero-order valence-corrected chi connectivity index (χ0v) is 16.1. The fourth-order valence-electron chi connectivity index (χ4n) is 2.94. The van der Waals surface area contributed by atoms with Gasteiger partial charge in [-0.2, -0.15) is 4.31 Å². The number of piperazine rings is 1. The van der Waals surface area contributed by atoms with Crippen LogP contribution in [-0.4, -0.2) is 54.6 Å². The fourth-order valence-corrected chi connectivity index (χ4v) is 4.39. The third-order valence-corrected chi connectivity index (χ3v) is 6.38. The number of carbonyl (C=O) groups is 1. The number of benzene rings is 2. The van der Waals surface area contributed by atoms with Crippen LogP contribution >= 0.6 is 0 Å². The van der Waals surface area contributed by atoms with Crippen molar-refractivity contribution in [2.75, 3.05) is 26.2 Å². The molecule has 1 saturated heterocycles. The zero-order valence-electron chi connectivity index (χ0n) is 15.3. The molecule has 0 spiro atoms. The van der Waals surface area contributed by atoms with E-state index in [-0.39, 0.29) is 42.7 Å². The molecule has 0 unspecified atom stereocenters. The lowest BCUT2D eigenvalue weighted by Gasteiger charge is -2.33. The highest BCUT2D eigenvalue weighted by Crippen LogP contribution is 2.19. The molecule has 0 aliphatic carbocycles. The molecule has 1 heterocycles. The van der Waals surface area contributed by atoms with Gasteiger partial charge in [-0.05, 0) is 29.8 Å². The second-order valence-corrected chi connectivity index (χ2v) is 8.31. The van der Waals surface area contributed by atoms with Crippen LogP contribution in [0, 0.1) is 15.9 Å². The fraction of sp³-hybridized carbons (Fsp3) is 0.211. The van der Waals surface area contributed by atoms with Gasteiger partial charge in [-0.3, -0.25) is 14.9 Å². The maximum absolute atomic E-state index is 13.3. The van der Waals surface area contributed by atoms with Crippen molar-refractivity contribution in [3.63, 3.8) is 0 Å². The molecular formula is C19H18FN3O5S. The van der Waals surface area contributed by atoms with Crippen LogP contribution in [0.3, 0.4) is 0 Å². The van der Waals surface area contributed by atoms with Gasteiger partial charge in [0.2, 0.25) is 15.9 Å². The standard InChI is InChI=1S/C19H18FN3O5S/c20-16-4-2-6-18(14-16)29(27,28)22-11-9-21(10-12-22)19(24)8-7-15-3-1-5-17(13-15)23(25)26/h1-8,13-14H,9-12H2/b8-7+. The predicted molar refractivity (Wildman–Crippen MR) is 104 cm³/mol. The Bertz CT molecular complexity index is 1060. The number of halogens is 1. The monoisotopic (exact) mass is 419 g/mol. The van der Waals surface area contributed by atoms with Crippen molar-refractivity contribution in [1.82, 2.24) is 9.21 Å². The number of non-ortho nitro benzene ring substituents is 1. The van der Waals surface area contributed by atoms with E-state index < -0.39 is 20.8 Å². The molecule has 10 heteroatoms. The van der Waals surface area contributed by atoms with Gasteiger partial charge in [0.25, 0.3) is 5.69 Å². The van der Waals surface area contributed by atoms with Crippen LogP contribution in [0.1, 0.15) is 5.56 Å². The molecule has 1 aliphatic rings. The molecule has 2 aromatic carbocycles. The summed E-state index contributed by atoms with van der Waals surface area (Å²) < 4.78 is 39.8. The maximum Gasteiger partial charge on any atom is 0.270 e. The van der Waals surface area contributed by atoms with Gasteiger partial charge in [0.05, 0.1) is 9.82 Å². The van der Waals surface area contributed by atoms with Crippen molar-refractivity contribution in [2.45, 2.75) is 4.90 Å². The summed E-state index contributed by atoms with van der Waals surface area (Å²) in [5, 5.41) is 10.8. The van der Waals surface area contributed by atoms with E-state index in [1.165, 1.54) is 57.8 Å². The second-order valence-electron chi connectivity index (χ2n) is 6.37. The Hall–Kier alpha value is -3.11. The lowest BCUT2D eigenvalue weighted by atomic mass is 10.2. The highest BCUT2D eigenvalue weighted by Gasteiger charge is 2.29. The van der Waals surface area contributed by atoms with Gasteiger partial charge in [0.1, 0.15) is 5.82 Å². The van der Waals surface area contributed by atoms with Crippen LogP contribution in [-0.2, 0) is 14.8 Å². The summed E-state index contributed by atoms with van der Waals surface area (Å²) in [5.74, 6) is -0.953. The average Bonchev–Trinajstić information content (AvgIpc) is 2.72. The molecule has 0 N–H and O–H groups in total. The molecule has 8 nitrogen and oxygen atoms in total. The molecule has 0 aromatic heterocycles. The van der Waals surface area contributed by atoms with E-state index in [9.17, 15) is 27.7 Å². The first-order valence-electron chi connectivity index (χ1n) is 8.74. The summed E-state index contributed by atoms with van der Waals surface area (Å²) in [6, 6.07) is 10.7. The van der Waals surface area contributed by atoms with Gasteiger partial charge < -0.3 is 4.90 Å². The topological polar surface area (TPSA) is 101 Å². The quantitative estimate of drug-likeness (QED) is 0.420. The number of nitro benzene ring substituents is 1. The van der Waals surface area contributed by atoms with E-state index in [4.69, 9.17) is 0 Å². The van der Waals surface area contributed by atoms with Crippen molar-refractivity contribution in [2.24, 2.45) is 0 Å². The SMILES string of the molecule is O=C(/C=C/c1cccc([N+](=O)[O-])c1)N1CCN(S(=O)(=O)c2cccc(F)c2)CC1. The van der Waals surface area contributed by atoms with Gasteiger partial charge in [0, 0.05) is 44.4 Å². The smallest absolute Gasteiger partial charge is 0.270 e. The van der Waals surface area contributed by atoms with Crippen molar-refractivity contribution in [1.29, 1.82) is 0 Å². The largest absolute Gasteiger partial charge is 0.337 e. The van der Waals surface area contributed by atoms with E-state index in [0.717, 1.165) is 6.07 Å². The summed E-state index contributed by atoms with van der Waals surface area (Å²) in [6.45, 7) is 0.559. The van der Waals surface area contributed by atoms with Gasteiger partial charge in [-0.15, -0.1) is 0 Å². The number of nitrogens with zero attached hydrogens (tertiary/aromatic N) is 3. The molecule has 1 fully saturated rings. The van der Waals surface area contributed by atoms with Crippen molar-refractivity contribution in [3.8, 4) is 0 Å². The van der Waals surface area contributed by atoms with E-state index in [1.807, 2.05) is 0 Å². The first kappa shape index (κ1) is 20.6. The van der Waals surface area contributed by atoms with Crippen LogP contribution in [0.25, 0.3) is 6.08 Å². The Kier molecular flexibility index (Phi) is 6.04. The van der Waals surface area contributed by atoms with Gasteiger partial charge in [-0.25, -0.2) is 12.8 Å². The van der Waals surface area contributed by atoms with Crippen LogP contribution in [0.2, 0.25) is 0 Å². The Balaban J connectivity index is 1.62. The third kappa shape index (κ3) is 4.84. The lowest BCUT2D eigenvalue weighted by molar-refractivity contribution is -0.384. The molecule has 1 aliphatic heterocycles. The Morgan fingerprint density at radius 2 is 1.76 bits per heavy atom. The molecular weight excluding hydrogens is 401 g/mol. The minimum atomic E-state index is -3.83. The molecule has 1 amide bonds. The molecule has 29 heavy (non-hydrogen) atoms. The molecule has 0 saturated carbocycles. The Labute approximate surface area is 167 Å². The number of nitro groups is 1. The van der Waals surface area contributed by atoms with Crippen LogP contribution in [0.15, 0.2) is 59.5 Å². The number of hydrogen-bond acceptors (Lipinski definition) is 5. The third-order valence-electron chi connectivity index (χ3n) is 4.48. The van der Waals surface area contributed by atoms with E-state index in [2.05, 4.69) is 0 Å². The molecule has 0 bridgehead atoms. The average molecular weight is 419 g/mol. The van der Waals surface area contributed by atoms with Crippen molar-refractivity contribution in [3.05, 3.63) is 76.1 Å². The first-order chi connectivity index (χ1) is 13.8. The van der Waals surface area contributed by atoms with Gasteiger partial charge in [0.15, 0.2) is 0 Å². The minimum Gasteiger partial charge on any atom is -0.337 e. The van der Waals surface area contributed by atoms with Crippen LogP contribution < -0.4 is 0 Å². The van der Waals surface area contributed by atoms with Crippen LogP contribution in [0.4, 0.5) is 10.1 Å². The summed E-state index contributed by atoms with van der Waals surface area (Å²) in [7, 11) is -3.83. The summed E-state index contributed by atoms with van der Waals surface area (Å²) in [6.07, 6.45) is 2.78. The molecule has 0 radical (unpaired) electrons. The zero-order chi connectivity index (χ0) is 21.0. The first-order valence-corrected chi connectivity index (χ1v) is 10.2. The lowest BCUT2D eigenvalue weighted by Crippen LogP contribution is -2.50. The molecule has 0 atom stereocenters. The number of hydrogen-bond donors (Lipinski definition) is 0. The highest BCUT2D eigenvalue weighted by atomic mass is 32.2. The van der Waals surface area contributed by atoms with E-state index >= 15 is 0 Å². The van der Waals surface area contributed by atoms with E-state index in [0.29, 0.717) is 5.56 Å². The number of rotatable bonds is 5. The summed E-state index contributed by atoms with van der Waals surface area (Å²) in [5.41, 5.74) is 0.440. The number of sulfonamides is 1. The second kappa shape index (κ2) is 8.50. The summed E-state index contributed by atoms with van der Waals surface area (Å²) >= 11 is 0. The van der Waals surface area contributed by atoms with Gasteiger partial charge in [-0.1, -0.05) is 18.2 Å². The van der Waals surface area contributed by atoms with E-state index in [1.54, 1.807) is 6.07 Å². The highest BCUT2D eigenvalue weighted by molar-refractivity contribution is 7.89. The number of carbonyl (C=O) groups excluding carboxylic acids is 1. The number of amides is 1. The van der Waals surface area contributed by atoms with Gasteiger partial charge >= 0.3 is 0 Å². The normalized spacial score (nSPS) is 15.6. The minimum absolute atomic E-state index is 0.0734. The maximum atomic E-state index is 13.3. The van der Waals surface area contributed by atoms with Crippen molar-refractivity contribution >= 4 is 27.7 Å². The molecule has 152 valence electrons. The summed E-state index contributed by atoms with van der Waals surface area (Å²) in [4.78, 5) is 24.0. The Morgan fingerprint density at radius 3 is 2.41 bits per heavy atom.